The Bertz CT molecular complexity index is 812. The van der Waals surface area contributed by atoms with E-state index < -0.39 is 15.8 Å². The van der Waals surface area contributed by atoms with Crippen molar-refractivity contribution in [3.8, 4) is 0 Å². The first-order valence-electron chi connectivity index (χ1n) is 6.56. The molecule has 0 aliphatic carbocycles. The number of rotatable bonds is 2. The normalized spacial score (nSPS) is 21.6. The molecule has 1 fully saturated rings. The van der Waals surface area contributed by atoms with Crippen LogP contribution < -0.4 is 4.90 Å². The van der Waals surface area contributed by atoms with Gasteiger partial charge >= 0.3 is 5.97 Å². The van der Waals surface area contributed by atoms with Crippen molar-refractivity contribution in [1.29, 1.82) is 0 Å². The highest BCUT2D eigenvalue weighted by molar-refractivity contribution is 7.91. The number of fused-ring (bicyclic) bond motifs is 1. The van der Waals surface area contributed by atoms with E-state index in [1.54, 1.807) is 36.2 Å². The standard InChI is InChI=1S/C13H15N3O4S/c1-9-8-21(19,20)7-6-15(9)12-11(13(17)18)16-5-3-2-4-10(16)14-12/h2-5,9H,6-8H2,1H3,(H,17,18). The second-order valence-corrected chi connectivity index (χ2v) is 7.40. The molecule has 1 atom stereocenters. The molecule has 0 spiro atoms. The average Bonchev–Trinajstić information content (AvgIpc) is 2.76. The maximum Gasteiger partial charge on any atom is 0.356 e. The van der Waals surface area contributed by atoms with E-state index in [1.807, 2.05) is 0 Å². The van der Waals surface area contributed by atoms with Gasteiger partial charge in [-0.3, -0.25) is 4.40 Å². The number of aromatic carboxylic acids is 1. The van der Waals surface area contributed by atoms with Crippen molar-refractivity contribution >= 4 is 27.3 Å². The summed E-state index contributed by atoms with van der Waals surface area (Å²) in [5.41, 5.74) is 0.599. The van der Waals surface area contributed by atoms with E-state index in [0.717, 1.165) is 0 Å². The van der Waals surface area contributed by atoms with Gasteiger partial charge in [-0.15, -0.1) is 0 Å². The van der Waals surface area contributed by atoms with Crippen LogP contribution in [0.4, 0.5) is 5.82 Å². The van der Waals surface area contributed by atoms with Crippen LogP contribution in [-0.2, 0) is 9.84 Å². The van der Waals surface area contributed by atoms with Crippen molar-refractivity contribution in [3.05, 3.63) is 30.1 Å². The van der Waals surface area contributed by atoms with E-state index in [1.165, 1.54) is 4.40 Å². The van der Waals surface area contributed by atoms with Crippen molar-refractivity contribution in [2.45, 2.75) is 13.0 Å². The van der Waals surface area contributed by atoms with E-state index >= 15 is 0 Å². The second-order valence-electron chi connectivity index (χ2n) is 5.17. The largest absolute Gasteiger partial charge is 0.476 e. The Morgan fingerprint density at radius 1 is 1.43 bits per heavy atom. The summed E-state index contributed by atoms with van der Waals surface area (Å²) >= 11 is 0. The number of carbonyl (C=O) groups is 1. The lowest BCUT2D eigenvalue weighted by molar-refractivity contribution is 0.0690. The lowest BCUT2D eigenvalue weighted by Crippen LogP contribution is -2.47. The highest BCUT2D eigenvalue weighted by atomic mass is 32.2. The van der Waals surface area contributed by atoms with Crippen molar-refractivity contribution in [1.82, 2.24) is 9.38 Å². The van der Waals surface area contributed by atoms with Gasteiger partial charge in [0.2, 0.25) is 0 Å². The summed E-state index contributed by atoms with van der Waals surface area (Å²) in [6.07, 6.45) is 1.64. The van der Waals surface area contributed by atoms with Crippen LogP contribution in [0.2, 0.25) is 0 Å². The van der Waals surface area contributed by atoms with E-state index in [-0.39, 0.29) is 29.8 Å². The van der Waals surface area contributed by atoms with Crippen LogP contribution in [0.1, 0.15) is 17.4 Å². The van der Waals surface area contributed by atoms with Crippen molar-refractivity contribution in [3.63, 3.8) is 0 Å². The first-order valence-corrected chi connectivity index (χ1v) is 8.38. The minimum absolute atomic E-state index is 0.0138. The van der Waals surface area contributed by atoms with Crippen LogP contribution in [0.3, 0.4) is 0 Å². The number of carboxylic acid groups (broad SMARTS) is 1. The third kappa shape index (κ3) is 2.35. The number of hydrogen-bond acceptors (Lipinski definition) is 5. The molecule has 112 valence electrons. The number of hydrogen-bond donors (Lipinski definition) is 1. The van der Waals surface area contributed by atoms with Gasteiger partial charge in [0.15, 0.2) is 21.3 Å². The summed E-state index contributed by atoms with van der Waals surface area (Å²) in [5.74, 6) is -0.718. The summed E-state index contributed by atoms with van der Waals surface area (Å²) in [4.78, 5) is 17.7. The van der Waals surface area contributed by atoms with Gasteiger partial charge in [0.1, 0.15) is 5.65 Å². The third-order valence-corrected chi connectivity index (χ3v) is 5.45. The smallest absolute Gasteiger partial charge is 0.356 e. The minimum atomic E-state index is -3.06. The van der Waals surface area contributed by atoms with Gasteiger partial charge in [-0.2, -0.15) is 0 Å². The molecule has 3 rings (SSSR count). The fourth-order valence-electron chi connectivity index (χ4n) is 2.70. The molecule has 0 bridgehead atoms. The van der Waals surface area contributed by atoms with Crippen molar-refractivity contribution in [2.75, 3.05) is 23.0 Å². The number of nitrogens with zero attached hydrogens (tertiary/aromatic N) is 3. The zero-order valence-corrected chi connectivity index (χ0v) is 12.2. The van der Waals surface area contributed by atoms with Gasteiger partial charge in [-0.05, 0) is 19.1 Å². The lowest BCUT2D eigenvalue weighted by atomic mass is 10.3. The van der Waals surface area contributed by atoms with Gasteiger partial charge in [-0.1, -0.05) is 6.07 Å². The topological polar surface area (TPSA) is 92.0 Å². The Kier molecular flexibility index (Phi) is 3.12. The van der Waals surface area contributed by atoms with Gasteiger partial charge in [-0.25, -0.2) is 18.2 Å². The molecule has 0 radical (unpaired) electrons. The molecule has 1 aliphatic heterocycles. The lowest BCUT2D eigenvalue weighted by Gasteiger charge is -2.33. The first kappa shape index (κ1) is 13.9. The van der Waals surface area contributed by atoms with Gasteiger partial charge < -0.3 is 10.0 Å². The van der Waals surface area contributed by atoms with Crippen LogP contribution in [-0.4, -0.2) is 53.0 Å². The Balaban J connectivity index is 2.12. The monoisotopic (exact) mass is 309 g/mol. The molecule has 0 aromatic carbocycles. The predicted octanol–water partition coefficient (Wildman–Crippen LogP) is 0.656. The number of pyridine rings is 1. The molecule has 1 saturated heterocycles. The van der Waals surface area contributed by atoms with Crippen molar-refractivity contribution < 1.29 is 18.3 Å². The zero-order valence-electron chi connectivity index (χ0n) is 11.4. The Labute approximate surface area is 121 Å². The summed E-state index contributed by atoms with van der Waals surface area (Å²) in [7, 11) is -3.06. The quantitative estimate of drug-likeness (QED) is 0.876. The van der Waals surface area contributed by atoms with Crippen LogP contribution in [0.5, 0.6) is 0 Å². The summed E-state index contributed by atoms with van der Waals surface area (Å²) in [5, 5.41) is 9.47. The summed E-state index contributed by atoms with van der Waals surface area (Å²) in [6.45, 7) is 2.03. The molecule has 2 aromatic heterocycles. The molecule has 1 unspecified atom stereocenters. The molecule has 3 heterocycles. The Morgan fingerprint density at radius 2 is 2.19 bits per heavy atom. The molecule has 7 nitrogen and oxygen atoms in total. The number of anilines is 1. The molecule has 1 N–H and O–H groups in total. The Hall–Kier alpha value is -2.09. The number of carboxylic acids is 1. The minimum Gasteiger partial charge on any atom is -0.476 e. The molecule has 21 heavy (non-hydrogen) atoms. The van der Waals surface area contributed by atoms with Crippen LogP contribution >= 0.6 is 0 Å². The third-order valence-electron chi connectivity index (χ3n) is 3.66. The van der Waals surface area contributed by atoms with Crippen LogP contribution in [0.15, 0.2) is 24.4 Å². The summed E-state index contributed by atoms with van der Waals surface area (Å²) in [6, 6.07) is 4.93. The Morgan fingerprint density at radius 3 is 2.86 bits per heavy atom. The van der Waals surface area contributed by atoms with E-state index in [2.05, 4.69) is 4.98 Å². The molecule has 0 amide bonds. The van der Waals surface area contributed by atoms with E-state index in [4.69, 9.17) is 0 Å². The molecule has 0 saturated carbocycles. The fraction of sp³-hybridized carbons (Fsp3) is 0.385. The van der Waals surface area contributed by atoms with E-state index in [0.29, 0.717) is 11.5 Å². The predicted molar refractivity (Wildman–Crippen MR) is 77.6 cm³/mol. The fourth-order valence-corrected chi connectivity index (χ4v) is 4.25. The van der Waals surface area contributed by atoms with Crippen LogP contribution in [0.25, 0.3) is 5.65 Å². The molecule has 1 aliphatic rings. The highest BCUT2D eigenvalue weighted by Crippen LogP contribution is 2.26. The molecular formula is C13H15N3O4S. The zero-order chi connectivity index (χ0) is 15.2. The average molecular weight is 309 g/mol. The van der Waals surface area contributed by atoms with Crippen molar-refractivity contribution in [2.24, 2.45) is 0 Å². The SMILES string of the molecule is CC1CS(=O)(=O)CCN1c1nc2ccccn2c1C(=O)O. The molecule has 2 aromatic rings. The van der Waals surface area contributed by atoms with E-state index in [9.17, 15) is 18.3 Å². The summed E-state index contributed by atoms with van der Waals surface area (Å²) < 4.78 is 24.8. The van der Waals surface area contributed by atoms with Gasteiger partial charge in [0, 0.05) is 18.8 Å². The molecular weight excluding hydrogens is 294 g/mol. The number of aromatic nitrogens is 2. The van der Waals surface area contributed by atoms with Crippen LogP contribution in [0, 0.1) is 0 Å². The maximum atomic E-state index is 11.7. The van der Waals surface area contributed by atoms with Gasteiger partial charge in [0.05, 0.1) is 11.5 Å². The maximum absolute atomic E-state index is 11.7. The molecule has 8 heteroatoms. The number of imidazole rings is 1. The van der Waals surface area contributed by atoms with Gasteiger partial charge in [0.25, 0.3) is 0 Å². The highest BCUT2D eigenvalue weighted by Gasteiger charge is 2.33. The number of sulfone groups is 1. The first-order chi connectivity index (χ1) is 9.89. The second kappa shape index (κ2) is 4.73.